The molecule has 0 saturated heterocycles. The lowest BCUT2D eigenvalue weighted by atomic mass is 10.0. The molecule has 0 fully saturated rings. The number of ether oxygens (including phenoxy) is 4. The number of hydrogen-bond donors (Lipinski definition) is 0. The highest BCUT2D eigenvalue weighted by Crippen LogP contribution is 2.24. The maximum Gasteiger partial charge on any atom is 0.113 e. The summed E-state index contributed by atoms with van der Waals surface area (Å²) < 4.78 is 26.2. The van der Waals surface area contributed by atoms with Crippen molar-refractivity contribution in [1.82, 2.24) is 0 Å². The predicted molar refractivity (Wildman–Crippen MR) is 156 cm³/mol. The fourth-order valence-electron chi connectivity index (χ4n) is 4.56. The van der Waals surface area contributed by atoms with Crippen LogP contribution in [0.5, 0.6) is 0 Å². The van der Waals surface area contributed by atoms with Gasteiger partial charge in [-0.05, 0) is 35.6 Å². The molecular formula is C35H40O4. The summed E-state index contributed by atoms with van der Waals surface area (Å²) in [7, 11) is 0. The fourth-order valence-corrected chi connectivity index (χ4v) is 4.56. The monoisotopic (exact) mass is 524 g/mol. The van der Waals surface area contributed by atoms with Crippen molar-refractivity contribution >= 4 is 0 Å². The molecule has 0 aliphatic rings. The van der Waals surface area contributed by atoms with Gasteiger partial charge in [0.25, 0.3) is 0 Å². The minimum absolute atomic E-state index is 0.183. The molecule has 0 bridgehead atoms. The Morgan fingerprint density at radius 2 is 0.769 bits per heavy atom. The summed E-state index contributed by atoms with van der Waals surface area (Å²) in [6.07, 6.45) is -0.323. The lowest BCUT2D eigenvalue weighted by Gasteiger charge is -2.36. The molecule has 0 saturated carbocycles. The van der Waals surface area contributed by atoms with E-state index in [1.165, 1.54) is 0 Å². The van der Waals surface area contributed by atoms with Crippen LogP contribution >= 0.6 is 0 Å². The van der Waals surface area contributed by atoms with Crippen LogP contribution in [0.4, 0.5) is 0 Å². The van der Waals surface area contributed by atoms with Crippen LogP contribution in [0.15, 0.2) is 121 Å². The first-order valence-corrected chi connectivity index (χ1v) is 13.8. The van der Waals surface area contributed by atoms with E-state index in [9.17, 15) is 0 Å². The van der Waals surface area contributed by atoms with E-state index in [2.05, 4.69) is 62.4 Å². The topological polar surface area (TPSA) is 36.9 Å². The van der Waals surface area contributed by atoms with Crippen molar-refractivity contribution < 1.29 is 18.9 Å². The average molecular weight is 525 g/mol. The van der Waals surface area contributed by atoms with Gasteiger partial charge in [-0.2, -0.15) is 0 Å². The third-order valence-electron chi connectivity index (χ3n) is 6.79. The Morgan fingerprint density at radius 3 is 1.15 bits per heavy atom. The Labute approximate surface area is 233 Å². The van der Waals surface area contributed by atoms with Gasteiger partial charge in [-0.3, -0.25) is 0 Å². The second-order valence-corrected chi connectivity index (χ2v) is 9.77. The van der Waals surface area contributed by atoms with Gasteiger partial charge in [0.1, 0.15) is 12.2 Å². The highest BCUT2D eigenvalue weighted by atomic mass is 16.6. The van der Waals surface area contributed by atoms with Crippen molar-refractivity contribution in [3.63, 3.8) is 0 Å². The highest BCUT2D eigenvalue weighted by Gasteiger charge is 2.36. The van der Waals surface area contributed by atoms with Gasteiger partial charge < -0.3 is 18.9 Å². The van der Waals surface area contributed by atoms with Crippen molar-refractivity contribution in [3.8, 4) is 0 Å². The largest absolute Gasteiger partial charge is 0.371 e. The van der Waals surface area contributed by atoms with Gasteiger partial charge in [0.05, 0.1) is 38.6 Å². The molecule has 4 atom stereocenters. The molecule has 0 N–H and O–H groups in total. The molecule has 0 heterocycles. The van der Waals surface area contributed by atoms with E-state index in [1.54, 1.807) is 0 Å². The average Bonchev–Trinajstić information content (AvgIpc) is 3.00. The fraction of sp³-hybridized carbons (Fsp3) is 0.314. The Bertz CT molecular complexity index is 1170. The Balaban J connectivity index is 1.56. The first kappa shape index (κ1) is 28.7. The predicted octanol–water partition coefficient (Wildman–Crippen LogP) is 7.76. The summed E-state index contributed by atoms with van der Waals surface area (Å²) in [6.45, 7) is 6.15. The third kappa shape index (κ3) is 9.45. The van der Waals surface area contributed by atoms with Crippen LogP contribution in [0.3, 0.4) is 0 Å². The number of hydrogen-bond acceptors (Lipinski definition) is 4. The third-order valence-corrected chi connectivity index (χ3v) is 6.79. The van der Waals surface area contributed by atoms with E-state index < -0.39 is 0 Å². The first-order valence-electron chi connectivity index (χ1n) is 13.8. The van der Waals surface area contributed by atoms with Crippen LogP contribution in [0, 0.1) is 0 Å². The molecule has 0 radical (unpaired) electrons. The van der Waals surface area contributed by atoms with Crippen molar-refractivity contribution in [2.75, 3.05) is 0 Å². The normalized spacial score (nSPS) is 14.4. The lowest BCUT2D eigenvalue weighted by molar-refractivity contribution is -0.187. The van der Waals surface area contributed by atoms with Crippen molar-refractivity contribution in [1.29, 1.82) is 0 Å². The van der Waals surface area contributed by atoms with E-state index in [4.69, 9.17) is 18.9 Å². The molecule has 204 valence electrons. The lowest BCUT2D eigenvalue weighted by Crippen LogP contribution is -2.48. The molecule has 4 nitrogen and oxygen atoms in total. The molecule has 0 aromatic heterocycles. The molecule has 0 aliphatic carbocycles. The smallest absolute Gasteiger partial charge is 0.113 e. The summed E-state index contributed by atoms with van der Waals surface area (Å²) in [5, 5.41) is 0. The maximum atomic E-state index is 6.66. The zero-order chi connectivity index (χ0) is 27.1. The van der Waals surface area contributed by atoms with E-state index in [0.29, 0.717) is 26.4 Å². The highest BCUT2D eigenvalue weighted by molar-refractivity contribution is 5.16. The molecule has 0 unspecified atom stereocenters. The van der Waals surface area contributed by atoms with Crippen LogP contribution in [0.2, 0.25) is 0 Å². The summed E-state index contributed by atoms with van der Waals surface area (Å²) in [6, 6.07) is 41.0. The Hall–Kier alpha value is -3.28. The van der Waals surface area contributed by atoms with Crippen LogP contribution in [0.1, 0.15) is 42.5 Å². The maximum absolute atomic E-state index is 6.66. The molecule has 39 heavy (non-hydrogen) atoms. The van der Waals surface area contributed by atoms with Gasteiger partial charge in [0.2, 0.25) is 0 Å². The van der Waals surface area contributed by atoms with Crippen molar-refractivity contribution in [2.24, 2.45) is 0 Å². The van der Waals surface area contributed by atoms with Crippen molar-refractivity contribution in [3.05, 3.63) is 144 Å². The zero-order valence-electron chi connectivity index (χ0n) is 23.0. The Kier molecular flexibility index (Phi) is 11.8. The molecule has 0 amide bonds. The standard InChI is InChI=1S/C35H40O4/c1-3-33(37-25-30-18-10-5-11-19-30)35(39-27-32-22-14-7-15-23-32)34(38-26-31-20-12-6-13-21-31)28(2)36-24-29-16-8-4-9-17-29/h4-23,28,33-35H,3,24-27H2,1-2H3/t28-,33-,34-,35-/m1/s1. The van der Waals surface area contributed by atoms with Crippen molar-refractivity contribution in [2.45, 2.75) is 71.1 Å². The van der Waals surface area contributed by atoms with Gasteiger partial charge in [-0.1, -0.05) is 128 Å². The number of rotatable bonds is 16. The van der Waals surface area contributed by atoms with Gasteiger partial charge >= 0.3 is 0 Å². The molecule has 4 rings (SSSR count). The quantitative estimate of drug-likeness (QED) is 0.150. The first-order chi connectivity index (χ1) is 19.2. The summed E-state index contributed by atoms with van der Waals surface area (Å²) in [5.74, 6) is 0. The molecule has 4 aromatic carbocycles. The van der Waals surface area contributed by atoms with E-state index >= 15 is 0 Å². The van der Waals surface area contributed by atoms with E-state index in [1.807, 2.05) is 72.8 Å². The second-order valence-electron chi connectivity index (χ2n) is 9.77. The summed E-state index contributed by atoms with van der Waals surface area (Å²) in [5.41, 5.74) is 4.48. The van der Waals surface area contributed by atoms with E-state index in [0.717, 1.165) is 28.7 Å². The van der Waals surface area contributed by atoms with Crippen LogP contribution in [-0.4, -0.2) is 24.4 Å². The van der Waals surface area contributed by atoms with Gasteiger partial charge in [-0.25, -0.2) is 0 Å². The minimum Gasteiger partial charge on any atom is -0.371 e. The van der Waals surface area contributed by atoms with Gasteiger partial charge in [-0.15, -0.1) is 0 Å². The molecular weight excluding hydrogens is 484 g/mol. The van der Waals surface area contributed by atoms with Gasteiger partial charge in [0.15, 0.2) is 0 Å². The molecule has 4 heteroatoms. The van der Waals surface area contributed by atoms with E-state index in [-0.39, 0.29) is 24.4 Å². The number of benzene rings is 4. The SMILES string of the molecule is CC[C@@H](OCc1ccccc1)[C@@H](OCc1ccccc1)[C@H](OCc1ccccc1)[C@@H](C)OCc1ccccc1. The van der Waals surface area contributed by atoms with Crippen LogP contribution in [0.25, 0.3) is 0 Å². The zero-order valence-corrected chi connectivity index (χ0v) is 23.0. The van der Waals surface area contributed by atoms with Gasteiger partial charge in [0, 0.05) is 0 Å². The summed E-state index contributed by atoms with van der Waals surface area (Å²) >= 11 is 0. The summed E-state index contributed by atoms with van der Waals surface area (Å²) in [4.78, 5) is 0. The molecule has 0 aliphatic heterocycles. The Morgan fingerprint density at radius 1 is 0.436 bits per heavy atom. The van der Waals surface area contributed by atoms with Crippen LogP contribution in [-0.2, 0) is 45.4 Å². The molecule has 0 spiro atoms. The second kappa shape index (κ2) is 16.0. The van der Waals surface area contributed by atoms with Crippen LogP contribution < -0.4 is 0 Å². The minimum atomic E-state index is -0.349. The molecule has 4 aromatic rings.